The van der Waals surface area contributed by atoms with Crippen molar-refractivity contribution in [2.45, 2.75) is 12.3 Å². The first-order valence-electron chi connectivity index (χ1n) is 11.1. The first-order valence-corrected chi connectivity index (χ1v) is 11.5. The molecule has 0 saturated carbocycles. The van der Waals surface area contributed by atoms with Gasteiger partial charge in [-0.25, -0.2) is 0 Å². The fourth-order valence-electron chi connectivity index (χ4n) is 4.58. The molecule has 36 heavy (non-hydrogen) atoms. The molecule has 0 amide bonds. The molecule has 0 radical (unpaired) electrons. The van der Waals surface area contributed by atoms with Crippen LogP contribution in [0, 0.1) is 0 Å². The number of carbonyl (C=O) groups excluding carboxylic acids is 2. The molecule has 3 aromatic carbocycles. The normalized spacial score (nSPS) is 17.5. The minimum Gasteiger partial charge on any atom is -0.497 e. The molecule has 8 heteroatoms. The van der Waals surface area contributed by atoms with E-state index in [0.29, 0.717) is 32.9 Å². The summed E-state index contributed by atoms with van der Waals surface area (Å²) in [6.45, 7) is 0. The zero-order valence-electron chi connectivity index (χ0n) is 18.9. The molecule has 0 aliphatic carbocycles. The number of allylic oxidation sites excluding steroid dienone is 1. The van der Waals surface area contributed by atoms with Gasteiger partial charge in [0.2, 0.25) is 5.78 Å². The first-order chi connectivity index (χ1) is 17.4. The summed E-state index contributed by atoms with van der Waals surface area (Å²) >= 11 is 6.10. The molecule has 178 valence electrons. The van der Waals surface area contributed by atoms with Crippen LogP contribution in [0.5, 0.6) is 17.2 Å². The summed E-state index contributed by atoms with van der Waals surface area (Å²) in [7, 11) is 1.57. The molecule has 1 atom stereocenters. The van der Waals surface area contributed by atoms with Gasteiger partial charge in [-0.2, -0.15) is 0 Å². The van der Waals surface area contributed by atoms with Crippen molar-refractivity contribution in [3.63, 3.8) is 0 Å². The maximum Gasteiger partial charge on any atom is 0.312 e. The monoisotopic (exact) mass is 500 g/mol. The highest BCUT2D eigenvalue weighted by Gasteiger charge is 2.39. The molecule has 0 fully saturated rings. The number of Topliss-reactive ketones (excluding diaryl/α,β-unsaturated/α-hetero) is 1. The van der Waals surface area contributed by atoms with Gasteiger partial charge in [-0.15, -0.1) is 0 Å². The number of hydrogen-bond acceptors (Lipinski definition) is 7. The number of ether oxygens (including phenoxy) is 3. The van der Waals surface area contributed by atoms with Crippen LogP contribution in [0.4, 0.5) is 0 Å². The van der Waals surface area contributed by atoms with Gasteiger partial charge < -0.3 is 18.6 Å². The van der Waals surface area contributed by atoms with E-state index in [0.717, 1.165) is 5.56 Å². The van der Waals surface area contributed by atoms with Crippen LogP contribution in [0.3, 0.4) is 0 Å². The minimum atomic E-state index is -0.732. The summed E-state index contributed by atoms with van der Waals surface area (Å²) in [4.78, 5) is 39.1. The van der Waals surface area contributed by atoms with Crippen molar-refractivity contribution in [2.75, 3.05) is 7.11 Å². The molecule has 6 rings (SSSR count). The van der Waals surface area contributed by atoms with Crippen molar-refractivity contribution in [1.29, 1.82) is 0 Å². The largest absolute Gasteiger partial charge is 0.497 e. The van der Waals surface area contributed by atoms with Crippen LogP contribution in [0.1, 0.15) is 39.4 Å². The Morgan fingerprint density at radius 2 is 1.81 bits per heavy atom. The van der Waals surface area contributed by atoms with Gasteiger partial charge in [0.1, 0.15) is 22.8 Å². The molecule has 2 aliphatic rings. The van der Waals surface area contributed by atoms with E-state index in [9.17, 15) is 14.4 Å². The molecule has 2 aliphatic heterocycles. The predicted molar refractivity (Wildman–Crippen MR) is 132 cm³/mol. The lowest BCUT2D eigenvalue weighted by molar-refractivity contribution is -0.135. The van der Waals surface area contributed by atoms with Gasteiger partial charge in [-0.3, -0.25) is 14.4 Å². The Bertz CT molecular complexity index is 1660. The molecule has 1 unspecified atom stereocenters. The third-order valence-corrected chi connectivity index (χ3v) is 6.56. The summed E-state index contributed by atoms with van der Waals surface area (Å²) in [6, 6.07) is 15.0. The predicted octanol–water partition coefficient (Wildman–Crippen LogP) is 5.51. The lowest BCUT2D eigenvalue weighted by Crippen LogP contribution is -2.25. The van der Waals surface area contributed by atoms with Crippen LogP contribution < -0.4 is 19.6 Å². The minimum absolute atomic E-state index is 0.116. The Labute approximate surface area is 209 Å². The molecule has 7 nitrogen and oxygen atoms in total. The maximum atomic E-state index is 13.4. The van der Waals surface area contributed by atoms with E-state index >= 15 is 0 Å². The van der Waals surface area contributed by atoms with E-state index in [1.807, 2.05) is 0 Å². The van der Waals surface area contributed by atoms with Crippen LogP contribution in [0.25, 0.3) is 17.0 Å². The van der Waals surface area contributed by atoms with Crippen LogP contribution >= 0.6 is 11.6 Å². The number of carbonyl (C=O) groups is 2. The quantitative estimate of drug-likeness (QED) is 0.208. The smallest absolute Gasteiger partial charge is 0.312 e. The van der Waals surface area contributed by atoms with Gasteiger partial charge in [-0.1, -0.05) is 23.7 Å². The lowest BCUT2D eigenvalue weighted by Gasteiger charge is -2.25. The number of ketones is 1. The average Bonchev–Trinajstić information content (AvgIpc) is 3.19. The Balaban J connectivity index is 1.48. The number of hydrogen-bond donors (Lipinski definition) is 0. The summed E-state index contributed by atoms with van der Waals surface area (Å²) in [5.41, 5.74) is 1.83. The fourth-order valence-corrected chi connectivity index (χ4v) is 4.75. The van der Waals surface area contributed by atoms with E-state index in [4.69, 9.17) is 30.2 Å². The molecular formula is C28H17ClO7. The van der Waals surface area contributed by atoms with Gasteiger partial charge in [0.05, 0.1) is 30.7 Å². The molecule has 1 aromatic heterocycles. The van der Waals surface area contributed by atoms with Crippen LogP contribution in [0.15, 0.2) is 75.8 Å². The van der Waals surface area contributed by atoms with Gasteiger partial charge in [0.15, 0.2) is 11.2 Å². The van der Waals surface area contributed by atoms with E-state index in [2.05, 4.69) is 0 Å². The second-order valence-electron chi connectivity index (χ2n) is 8.46. The van der Waals surface area contributed by atoms with E-state index in [1.54, 1.807) is 61.7 Å². The van der Waals surface area contributed by atoms with Crippen molar-refractivity contribution < 1.29 is 28.2 Å². The van der Waals surface area contributed by atoms with Gasteiger partial charge in [-0.05, 0) is 54.1 Å². The molecule has 4 aromatic rings. The fraction of sp³-hybridized carbons (Fsp3) is 0.107. The summed E-state index contributed by atoms with van der Waals surface area (Å²) < 4.78 is 22.4. The average molecular weight is 501 g/mol. The van der Waals surface area contributed by atoms with Crippen LogP contribution in [-0.4, -0.2) is 18.9 Å². The Hall–Kier alpha value is -4.36. The Morgan fingerprint density at radius 1 is 1.00 bits per heavy atom. The van der Waals surface area contributed by atoms with Crippen molar-refractivity contribution >= 4 is 40.4 Å². The van der Waals surface area contributed by atoms with Crippen LogP contribution in [-0.2, 0) is 4.79 Å². The van der Waals surface area contributed by atoms with Gasteiger partial charge in [0, 0.05) is 22.1 Å². The summed E-state index contributed by atoms with van der Waals surface area (Å²) in [6.07, 6.45) is 2.86. The van der Waals surface area contributed by atoms with Crippen molar-refractivity contribution in [2.24, 2.45) is 0 Å². The highest BCUT2D eigenvalue weighted by molar-refractivity contribution is 6.31. The number of halogens is 1. The van der Waals surface area contributed by atoms with Crippen molar-refractivity contribution in [3.05, 3.63) is 104 Å². The maximum absolute atomic E-state index is 13.4. The van der Waals surface area contributed by atoms with Gasteiger partial charge >= 0.3 is 5.97 Å². The zero-order valence-corrected chi connectivity index (χ0v) is 19.6. The number of fused-ring (bicyclic) bond motifs is 4. The van der Waals surface area contributed by atoms with E-state index < -0.39 is 11.9 Å². The van der Waals surface area contributed by atoms with E-state index in [1.165, 1.54) is 12.3 Å². The number of esters is 1. The van der Waals surface area contributed by atoms with E-state index in [-0.39, 0.29) is 40.5 Å². The zero-order chi connectivity index (χ0) is 25.0. The van der Waals surface area contributed by atoms with Crippen molar-refractivity contribution in [1.82, 2.24) is 0 Å². The molecule has 0 bridgehead atoms. The molecular weight excluding hydrogens is 484 g/mol. The standard InChI is InChI=1S/C28H17ClO7/c1-33-16-5-2-14(3-6-16)10-23-27(32)17-7-9-22-25(28(17)36-23)18(12-24(30)35-22)20-13-34-21-8-4-15(29)11-19(21)26(20)31/h2-11,13,18H,12H2,1H3/b23-10-. The number of rotatable bonds is 3. The Morgan fingerprint density at radius 3 is 2.58 bits per heavy atom. The topological polar surface area (TPSA) is 92.0 Å². The molecule has 0 spiro atoms. The second-order valence-corrected chi connectivity index (χ2v) is 8.89. The molecule has 0 saturated heterocycles. The third kappa shape index (κ3) is 3.56. The number of methoxy groups -OCH3 is 1. The first kappa shape index (κ1) is 22.1. The molecule has 3 heterocycles. The summed E-state index contributed by atoms with van der Waals surface area (Å²) in [5, 5.41) is 0.684. The second kappa shape index (κ2) is 8.39. The SMILES string of the molecule is COc1ccc(/C=C2\Oc3c(ccc4c3C(c3coc5ccc(Cl)cc5c3=O)CC(=O)O4)C2=O)cc1. The third-order valence-electron chi connectivity index (χ3n) is 6.33. The highest BCUT2D eigenvalue weighted by atomic mass is 35.5. The van der Waals surface area contributed by atoms with Crippen LogP contribution in [0.2, 0.25) is 5.02 Å². The lowest BCUT2D eigenvalue weighted by atomic mass is 9.85. The van der Waals surface area contributed by atoms with Gasteiger partial charge in [0.25, 0.3) is 0 Å². The summed E-state index contributed by atoms with van der Waals surface area (Å²) in [5.74, 6) is -0.235. The Kier molecular flexibility index (Phi) is 5.16. The highest BCUT2D eigenvalue weighted by Crippen LogP contribution is 2.48. The molecule has 0 N–H and O–H groups in total. The van der Waals surface area contributed by atoms with Crippen molar-refractivity contribution in [3.8, 4) is 17.2 Å². The number of benzene rings is 3.